The minimum Gasteiger partial charge on any atom is -0.459 e. The van der Waals surface area contributed by atoms with Crippen LogP contribution in [-0.4, -0.2) is 12.5 Å². The van der Waals surface area contributed by atoms with Crippen molar-refractivity contribution in [3.05, 3.63) is 23.2 Å². The Kier molecular flexibility index (Phi) is 3.12. The molecule has 1 N–H and O–H groups in total. The predicted octanol–water partition coefficient (Wildman–Crippen LogP) is 2.04. The van der Waals surface area contributed by atoms with Crippen LogP contribution in [0.4, 0.5) is 0 Å². The zero-order valence-electron chi connectivity index (χ0n) is 8.31. The molecule has 0 saturated heterocycles. The molecule has 0 atom stereocenters. The van der Waals surface area contributed by atoms with Crippen molar-refractivity contribution < 1.29 is 9.21 Å². The molecule has 0 spiro atoms. The molecular formula is C10H15NO2. The molecule has 0 saturated carbocycles. The van der Waals surface area contributed by atoms with Crippen LogP contribution in [0.25, 0.3) is 0 Å². The van der Waals surface area contributed by atoms with E-state index in [0.29, 0.717) is 12.3 Å². The van der Waals surface area contributed by atoms with Gasteiger partial charge in [0.25, 0.3) is 5.91 Å². The molecule has 1 aromatic heterocycles. The van der Waals surface area contributed by atoms with E-state index in [2.05, 4.69) is 5.32 Å². The molecule has 0 aromatic carbocycles. The van der Waals surface area contributed by atoms with Gasteiger partial charge in [0.1, 0.15) is 0 Å². The van der Waals surface area contributed by atoms with E-state index in [0.717, 1.165) is 17.5 Å². The van der Waals surface area contributed by atoms with Crippen LogP contribution in [0.1, 0.15) is 35.0 Å². The van der Waals surface area contributed by atoms with Gasteiger partial charge < -0.3 is 9.73 Å². The summed E-state index contributed by atoms with van der Waals surface area (Å²) in [7, 11) is 0. The summed E-state index contributed by atoms with van der Waals surface area (Å²) in [4.78, 5) is 11.4. The van der Waals surface area contributed by atoms with Gasteiger partial charge in [0.2, 0.25) is 0 Å². The number of hydrogen-bond acceptors (Lipinski definition) is 2. The first-order valence-corrected chi connectivity index (χ1v) is 4.49. The van der Waals surface area contributed by atoms with Crippen LogP contribution in [0.2, 0.25) is 0 Å². The average Bonchev–Trinajstić information content (AvgIpc) is 2.44. The van der Waals surface area contributed by atoms with Crippen molar-refractivity contribution in [1.82, 2.24) is 5.32 Å². The average molecular weight is 181 g/mol. The fraction of sp³-hybridized carbons (Fsp3) is 0.500. The van der Waals surface area contributed by atoms with Gasteiger partial charge in [-0.25, -0.2) is 0 Å². The Morgan fingerprint density at radius 2 is 2.23 bits per heavy atom. The zero-order chi connectivity index (χ0) is 9.84. The van der Waals surface area contributed by atoms with Gasteiger partial charge >= 0.3 is 0 Å². The minimum absolute atomic E-state index is 0.118. The van der Waals surface area contributed by atoms with E-state index in [4.69, 9.17) is 4.42 Å². The molecule has 0 aliphatic rings. The van der Waals surface area contributed by atoms with Crippen LogP contribution in [0.5, 0.6) is 0 Å². The second kappa shape index (κ2) is 4.12. The van der Waals surface area contributed by atoms with Crippen LogP contribution in [0.15, 0.2) is 10.7 Å². The van der Waals surface area contributed by atoms with E-state index in [1.165, 1.54) is 0 Å². The van der Waals surface area contributed by atoms with Crippen molar-refractivity contribution in [3.8, 4) is 0 Å². The van der Waals surface area contributed by atoms with Gasteiger partial charge in [0.15, 0.2) is 5.76 Å². The summed E-state index contributed by atoms with van der Waals surface area (Å²) in [6.45, 7) is 6.52. The molecular weight excluding hydrogens is 166 g/mol. The SMILES string of the molecule is CCCNC(=O)c1occ(C)c1C. The molecule has 13 heavy (non-hydrogen) atoms. The first-order valence-electron chi connectivity index (χ1n) is 4.49. The van der Waals surface area contributed by atoms with Gasteiger partial charge in [-0.2, -0.15) is 0 Å². The Morgan fingerprint density at radius 3 is 2.69 bits per heavy atom. The highest BCUT2D eigenvalue weighted by Gasteiger charge is 2.13. The number of carbonyl (C=O) groups excluding carboxylic acids is 1. The first-order chi connectivity index (χ1) is 6.16. The van der Waals surface area contributed by atoms with Crippen molar-refractivity contribution in [2.24, 2.45) is 0 Å². The van der Waals surface area contributed by atoms with E-state index in [-0.39, 0.29) is 5.91 Å². The summed E-state index contributed by atoms with van der Waals surface area (Å²) < 4.78 is 5.14. The topological polar surface area (TPSA) is 42.2 Å². The van der Waals surface area contributed by atoms with Gasteiger partial charge in [-0.3, -0.25) is 4.79 Å². The first kappa shape index (κ1) is 9.84. The minimum atomic E-state index is -0.118. The van der Waals surface area contributed by atoms with Crippen LogP contribution < -0.4 is 5.32 Å². The smallest absolute Gasteiger partial charge is 0.287 e. The van der Waals surface area contributed by atoms with Gasteiger partial charge in [0.05, 0.1) is 6.26 Å². The monoisotopic (exact) mass is 181 g/mol. The lowest BCUT2D eigenvalue weighted by molar-refractivity contribution is 0.0925. The molecule has 0 aliphatic heterocycles. The summed E-state index contributed by atoms with van der Waals surface area (Å²) in [6.07, 6.45) is 2.54. The Balaban J connectivity index is 2.71. The second-order valence-corrected chi connectivity index (χ2v) is 3.13. The van der Waals surface area contributed by atoms with E-state index in [1.807, 2.05) is 20.8 Å². The molecule has 0 radical (unpaired) electrons. The number of hydrogen-bond donors (Lipinski definition) is 1. The third kappa shape index (κ3) is 2.11. The summed E-state index contributed by atoms with van der Waals surface area (Å²) in [5.74, 6) is 0.318. The molecule has 3 heteroatoms. The molecule has 1 heterocycles. The van der Waals surface area contributed by atoms with E-state index in [9.17, 15) is 4.79 Å². The normalized spacial score (nSPS) is 10.1. The highest BCUT2D eigenvalue weighted by atomic mass is 16.3. The van der Waals surface area contributed by atoms with Crippen LogP contribution in [0.3, 0.4) is 0 Å². The number of amides is 1. The Labute approximate surface area is 78.1 Å². The van der Waals surface area contributed by atoms with Crippen molar-refractivity contribution in [3.63, 3.8) is 0 Å². The van der Waals surface area contributed by atoms with E-state index in [1.54, 1.807) is 6.26 Å². The van der Waals surface area contributed by atoms with Crippen LogP contribution in [0, 0.1) is 13.8 Å². The number of nitrogens with one attached hydrogen (secondary N) is 1. The molecule has 3 nitrogen and oxygen atoms in total. The van der Waals surface area contributed by atoms with Crippen molar-refractivity contribution in [2.45, 2.75) is 27.2 Å². The van der Waals surface area contributed by atoms with E-state index >= 15 is 0 Å². The molecule has 1 amide bonds. The quantitative estimate of drug-likeness (QED) is 0.775. The molecule has 0 fully saturated rings. The van der Waals surface area contributed by atoms with Crippen molar-refractivity contribution in [1.29, 1.82) is 0 Å². The lowest BCUT2D eigenvalue weighted by Crippen LogP contribution is -2.24. The molecule has 72 valence electrons. The summed E-state index contributed by atoms with van der Waals surface area (Å²) >= 11 is 0. The maximum absolute atomic E-state index is 11.4. The Morgan fingerprint density at radius 1 is 1.54 bits per heavy atom. The predicted molar refractivity (Wildman–Crippen MR) is 50.8 cm³/mol. The Bertz CT molecular complexity index is 302. The van der Waals surface area contributed by atoms with Gasteiger partial charge in [-0.1, -0.05) is 6.92 Å². The highest BCUT2D eigenvalue weighted by Crippen LogP contribution is 2.14. The van der Waals surface area contributed by atoms with Gasteiger partial charge in [-0.15, -0.1) is 0 Å². The summed E-state index contributed by atoms with van der Waals surface area (Å²) in [6, 6.07) is 0. The third-order valence-electron chi connectivity index (χ3n) is 2.03. The number of rotatable bonds is 3. The maximum Gasteiger partial charge on any atom is 0.287 e. The van der Waals surface area contributed by atoms with E-state index < -0.39 is 0 Å². The second-order valence-electron chi connectivity index (χ2n) is 3.13. The molecule has 1 rings (SSSR count). The number of aryl methyl sites for hydroxylation is 1. The van der Waals surface area contributed by atoms with Gasteiger partial charge in [-0.05, 0) is 25.8 Å². The van der Waals surface area contributed by atoms with Crippen LogP contribution >= 0.6 is 0 Å². The maximum atomic E-state index is 11.4. The van der Waals surface area contributed by atoms with Gasteiger partial charge in [0, 0.05) is 12.1 Å². The lowest BCUT2D eigenvalue weighted by Gasteiger charge is -2.00. The van der Waals surface area contributed by atoms with Crippen molar-refractivity contribution >= 4 is 5.91 Å². The number of furan rings is 1. The fourth-order valence-electron chi connectivity index (χ4n) is 1.05. The summed E-state index contributed by atoms with van der Waals surface area (Å²) in [5, 5.41) is 2.77. The molecule has 1 aromatic rings. The molecule has 0 bridgehead atoms. The Hall–Kier alpha value is -1.25. The van der Waals surface area contributed by atoms with Crippen LogP contribution in [-0.2, 0) is 0 Å². The number of carbonyl (C=O) groups is 1. The highest BCUT2D eigenvalue weighted by molar-refractivity contribution is 5.93. The molecule has 0 unspecified atom stereocenters. The lowest BCUT2D eigenvalue weighted by atomic mass is 10.2. The fourth-order valence-corrected chi connectivity index (χ4v) is 1.05. The molecule has 0 aliphatic carbocycles. The largest absolute Gasteiger partial charge is 0.459 e. The zero-order valence-corrected chi connectivity index (χ0v) is 8.31. The van der Waals surface area contributed by atoms with Crippen molar-refractivity contribution in [2.75, 3.05) is 6.54 Å². The third-order valence-corrected chi connectivity index (χ3v) is 2.03. The standard InChI is InChI=1S/C10H15NO2/c1-4-5-11-10(12)9-8(3)7(2)6-13-9/h6H,4-5H2,1-3H3,(H,11,12). The summed E-state index contributed by atoms with van der Waals surface area (Å²) in [5.41, 5.74) is 1.94.